The minimum absolute atomic E-state index is 0.737. The fraction of sp³-hybridized carbons (Fsp3) is 0.353. The molecule has 1 N–H and O–H groups in total. The van der Waals surface area contributed by atoms with Gasteiger partial charge in [-0.1, -0.05) is 18.2 Å². The minimum Gasteiger partial charge on any atom is -0.329 e. The second-order valence-electron chi connectivity index (χ2n) is 5.52. The number of pyridine rings is 1. The molecule has 1 aromatic heterocycles. The molecule has 0 unspecified atom stereocenters. The molecule has 0 atom stereocenters. The van der Waals surface area contributed by atoms with Crippen LogP contribution in [0, 0.1) is 6.92 Å². The van der Waals surface area contributed by atoms with E-state index in [1.807, 2.05) is 6.20 Å². The molecule has 3 heteroatoms. The summed E-state index contributed by atoms with van der Waals surface area (Å²) in [6, 6.07) is 13.4. The van der Waals surface area contributed by atoms with E-state index in [9.17, 15) is 0 Å². The van der Waals surface area contributed by atoms with Gasteiger partial charge in [0.15, 0.2) is 0 Å². The van der Waals surface area contributed by atoms with Crippen LogP contribution in [0.5, 0.6) is 0 Å². The van der Waals surface area contributed by atoms with E-state index < -0.39 is 0 Å². The molecule has 0 amide bonds. The number of hydrogen-bond donors (Lipinski definition) is 1. The van der Waals surface area contributed by atoms with Crippen LogP contribution in [-0.4, -0.2) is 18.1 Å². The molecular weight excluding hydrogens is 246 g/mol. The highest BCUT2D eigenvalue weighted by atomic mass is 15.2. The lowest BCUT2D eigenvalue weighted by atomic mass is 10.2. The van der Waals surface area contributed by atoms with Gasteiger partial charge in [-0.2, -0.15) is 0 Å². The van der Waals surface area contributed by atoms with Crippen LogP contribution in [0.4, 0.5) is 11.5 Å². The van der Waals surface area contributed by atoms with E-state index in [0.717, 1.165) is 18.4 Å². The van der Waals surface area contributed by atoms with Gasteiger partial charge in [-0.15, -0.1) is 0 Å². The number of anilines is 2. The molecule has 0 spiro atoms. The van der Waals surface area contributed by atoms with Gasteiger partial charge < -0.3 is 10.2 Å². The SMILES string of the molecule is Cc1ccccc1N(C)c1cc(CNC2CC2)ccn1. The third-order valence-corrected chi connectivity index (χ3v) is 3.80. The Morgan fingerprint density at radius 1 is 1.25 bits per heavy atom. The number of aromatic nitrogens is 1. The van der Waals surface area contributed by atoms with Gasteiger partial charge in [-0.05, 0) is 49.1 Å². The monoisotopic (exact) mass is 267 g/mol. The zero-order valence-corrected chi connectivity index (χ0v) is 12.1. The first-order valence-electron chi connectivity index (χ1n) is 7.22. The Hall–Kier alpha value is -1.87. The van der Waals surface area contributed by atoms with Gasteiger partial charge in [0.1, 0.15) is 5.82 Å². The van der Waals surface area contributed by atoms with E-state index in [2.05, 4.69) is 65.6 Å². The van der Waals surface area contributed by atoms with Crippen LogP contribution in [0.25, 0.3) is 0 Å². The van der Waals surface area contributed by atoms with Crippen molar-refractivity contribution in [3.8, 4) is 0 Å². The first kappa shape index (κ1) is 13.1. The Morgan fingerprint density at radius 2 is 2.05 bits per heavy atom. The molecule has 3 rings (SSSR count). The summed E-state index contributed by atoms with van der Waals surface area (Å²) in [4.78, 5) is 6.65. The largest absolute Gasteiger partial charge is 0.329 e. The predicted octanol–water partition coefficient (Wildman–Crippen LogP) is 3.41. The topological polar surface area (TPSA) is 28.2 Å². The molecule has 1 aliphatic rings. The lowest BCUT2D eigenvalue weighted by Crippen LogP contribution is -2.17. The van der Waals surface area contributed by atoms with Crippen molar-refractivity contribution >= 4 is 11.5 Å². The van der Waals surface area contributed by atoms with Crippen LogP contribution < -0.4 is 10.2 Å². The Bertz CT molecular complexity index is 590. The lowest BCUT2D eigenvalue weighted by molar-refractivity contribution is 0.687. The van der Waals surface area contributed by atoms with Gasteiger partial charge in [0.25, 0.3) is 0 Å². The number of aryl methyl sites for hydroxylation is 1. The van der Waals surface area contributed by atoms with Crippen LogP contribution >= 0.6 is 0 Å². The molecule has 1 saturated carbocycles. The van der Waals surface area contributed by atoms with E-state index in [1.165, 1.54) is 29.7 Å². The molecule has 104 valence electrons. The summed E-state index contributed by atoms with van der Waals surface area (Å²) < 4.78 is 0. The average Bonchev–Trinajstić information content (AvgIpc) is 3.29. The van der Waals surface area contributed by atoms with Crippen molar-refractivity contribution in [1.82, 2.24) is 10.3 Å². The van der Waals surface area contributed by atoms with E-state index in [4.69, 9.17) is 0 Å². The summed E-state index contributed by atoms with van der Waals surface area (Å²) in [5, 5.41) is 3.54. The van der Waals surface area contributed by atoms with Crippen molar-refractivity contribution in [1.29, 1.82) is 0 Å². The highest BCUT2D eigenvalue weighted by Gasteiger charge is 2.20. The Kier molecular flexibility index (Phi) is 3.70. The van der Waals surface area contributed by atoms with Crippen LogP contribution in [-0.2, 0) is 6.54 Å². The van der Waals surface area contributed by atoms with Crippen molar-refractivity contribution in [2.75, 3.05) is 11.9 Å². The Labute approximate surface area is 120 Å². The molecule has 0 bridgehead atoms. The van der Waals surface area contributed by atoms with Gasteiger partial charge in [-0.25, -0.2) is 4.98 Å². The first-order valence-corrected chi connectivity index (χ1v) is 7.22. The van der Waals surface area contributed by atoms with Crippen molar-refractivity contribution in [3.05, 3.63) is 53.7 Å². The highest BCUT2D eigenvalue weighted by molar-refractivity contribution is 5.63. The standard InChI is InChI=1S/C17H21N3/c1-13-5-3-4-6-16(13)20(2)17-11-14(9-10-18-17)12-19-15-7-8-15/h3-6,9-11,15,19H,7-8,12H2,1-2H3. The van der Waals surface area contributed by atoms with Gasteiger partial charge in [0.05, 0.1) is 0 Å². The number of hydrogen-bond acceptors (Lipinski definition) is 3. The number of nitrogens with zero attached hydrogens (tertiary/aromatic N) is 2. The third kappa shape index (κ3) is 2.99. The molecule has 0 aliphatic heterocycles. The summed E-state index contributed by atoms with van der Waals surface area (Å²) in [5.74, 6) is 0.995. The fourth-order valence-electron chi connectivity index (χ4n) is 2.37. The number of benzene rings is 1. The Balaban J connectivity index is 1.78. The first-order chi connectivity index (χ1) is 9.74. The average molecular weight is 267 g/mol. The van der Waals surface area contributed by atoms with E-state index in [-0.39, 0.29) is 0 Å². The molecule has 1 aromatic carbocycles. The van der Waals surface area contributed by atoms with Crippen molar-refractivity contribution in [2.45, 2.75) is 32.4 Å². The molecule has 20 heavy (non-hydrogen) atoms. The molecule has 1 fully saturated rings. The number of nitrogens with one attached hydrogen (secondary N) is 1. The molecule has 1 aliphatic carbocycles. The molecule has 3 nitrogen and oxygen atoms in total. The van der Waals surface area contributed by atoms with E-state index in [0.29, 0.717) is 0 Å². The summed E-state index contributed by atoms with van der Waals surface area (Å²) in [5.41, 5.74) is 3.76. The molecular formula is C17H21N3. The summed E-state index contributed by atoms with van der Waals surface area (Å²) in [6.07, 6.45) is 4.54. The fourth-order valence-corrected chi connectivity index (χ4v) is 2.37. The number of rotatable bonds is 5. The third-order valence-electron chi connectivity index (χ3n) is 3.80. The van der Waals surface area contributed by atoms with Crippen molar-refractivity contribution < 1.29 is 0 Å². The van der Waals surface area contributed by atoms with Crippen LogP contribution in [0.3, 0.4) is 0 Å². The van der Waals surface area contributed by atoms with Crippen molar-refractivity contribution in [2.24, 2.45) is 0 Å². The normalized spacial score (nSPS) is 14.3. The molecule has 2 aromatic rings. The van der Waals surface area contributed by atoms with Crippen LogP contribution in [0.2, 0.25) is 0 Å². The summed E-state index contributed by atoms with van der Waals surface area (Å²) in [6.45, 7) is 3.06. The Morgan fingerprint density at radius 3 is 2.80 bits per heavy atom. The molecule has 0 radical (unpaired) electrons. The van der Waals surface area contributed by atoms with Gasteiger partial charge in [-0.3, -0.25) is 0 Å². The zero-order valence-electron chi connectivity index (χ0n) is 12.1. The second-order valence-corrected chi connectivity index (χ2v) is 5.52. The van der Waals surface area contributed by atoms with Gasteiger partial charge in [0, 0.05) is 31.5 Å². The smallest absolute Gasteiger partial charge is 0.132 e. The van der Waals surface area contributed by atoms with Gasteiger partial charge >= 0.3 is 0 Å². The predicted molar refractivity (Wildman–Crippen MR) is 83.3 cm³/mol. The second kappa shape index (κ2) is 5.63. The van der Waals surface area contributed by atoms with Gasteiger partial charge in [0.2, 0.25) is 0 Å². The maximum absolute atomic E-state index is 4.50. The van der Waals surface area contributed by atoms with E-state index in [1.54, 1.807) is 0 Å². The minimum atomic E-state index is 0.737. The maximum Gasteiger partial charge on any atom is 0.132 e. The molecule has 1 heterocycles. The summed E-state index contributed by atoms with van der Waals surface area (Å²) >= 11 is 0. The van der Waals surface area contributed by atoms with Crippen LogP contribution in [0.1, 0.15) is 24.0 Å². The number of para-hydroxylation sites is 1. The van der Waals surface area contributed by atoms with Crippen molar-refractivity contribution in [3.63, 3.8) is 0 Å². The van der Waals surface area contributed by atoms with Crippen LogP contribution in [0.15, 0.2) is 42.6 Å². The molecule has 0 saturated heterocycles. The quantitative estimate of drug-likeness (QED) is 0.900. The lowest BCUT2D eigenvalue weighted by Gasteiger charge is -2.21. The highest BCUT2D eigenvalue weighted by Crippen LogP contribution is 2.25. The summed E-state index contributed by atoms with van der Waals surface area (Å²) in [7, 11) is 2.07. The van der Waals surface area contributed by atoms with E-state index >= 15 is 0 Å². The maximum atomic E-state index is 4.50. The zero-order chi connectivity index (χ0) is 13.9.